The Morgan fingerprint density at radius 1 is 1.14 bits per heavy atom. The fourth-order valence-corrected chi connectivity index (χ4v) is 2.21. The molecular weight excluding hydrogens is 278 g/mol. The molecule has 3 rings (SSSR count). The van der Waals surface area contributed by atoms with Gasteiger partial charge in [0, 0.05) is 11.3 Å². The van der Waals surface area contributed by atoms with Crippen LogP contribution in [0.3, 0.4) is 0 Å². The van der Waals surface area contributed by atoms with E-state index in [1.807, 2.05) is 55.5 Å². The molecule has 2 N–H and O–H groups in total. The van der Waals surface area contributed by atoms with E-state index >= 15 is 0 Å². The van der Waals surface area contributed by atoms with Crippen molar-refractivity contribution in [3.05, 3.63) is 54.1 Å². The Hall–Kier alpha value is -2.89. The molecule has 0 unspecified atom stereocenters. The summed E-state index contributed by atoms with van der Waals surface area (Å²) in [5, 5.41) is 12.0. The number of hydrogen-bond acceptors (Lipinski definition) is 5. The molecule has 0 atom stereocenters. The van der Waals surface area contributed by atoms with Crippen molar-refractivity contribution in [1.29, 1.82) is 0 Å². The van der Waals surface area contributed by atoms with Gasteiger partial charge in [0.2, 0.25) is 0 Å². The second kappa shape index (κ2) is 6.26. The molecule has 3 aromatic rings. The second-order valence-electron chi connectivity index (χ2n) is 4.86. The second-order valence-corrected chi connectivity index (χ2v) is 4.86. The molecule has 1 aromatic heterocycles. The zero-order chi connectivity index (χ0) is 15.4. The van der Waals surface area contributed by atoms with E-state index in [0.717, 1.165) is 22.6 Å². The van der Waals surface area contributed by atoms with Gasteiger partial charge in [0.25, 0.3) is 0 Å². The first-order valence-corrected chi connectivity index (χ1v) is 7.10. The minimum Gasteiger partial charge on any atom is -0.494 e. The van der Waals surface area contributed by atoms with Crippen molar-refractivity contribution in [3.8, 4) is 17.1 Å². The first-order valence-electron chi connectivity index (χ1n) is 7.10. The average molecular weight is 295 g/mol. The van der Waals surface area contributed by atoms with Gasteiger partial charge in [-0.2, -0.15) is 0 Å². The lowest BCUT2D eigenvalue weighted by molar-refractivity contribution is 0.340. The summed E-state index contributed by atoms with van der Waals surface area (Å²) in [6.07, 6.45) is 0. The van der Waals surface area contributed by atoms with Crippen molar-refractivity contribution in [2.45, 2.75) is 13.5 Å². The Balaban J connectivity index is 1.88. The lowest BCUT2D eigenvalue weighted by Crippen LogP contribution is -2.04. The maximum absolute atomic E-state index is 5.71. The molecule has 112 valence electrons. The molecule has 0 saturated heterocycles. The van der Waals surface area contributed by atoms with Gasteiger partial charge in [-0.15, -0.1) is 5.10 Å². The van der Waals surface area contributed by atoms with E-state index in [-0.39, 0.29) is 0 Å². The summed E-state index contributed by atoms with van der Waals surface area (Å²) in [7, 11) is 0. The van der Waals surface area contributed by atoms with Crippen LogP contribution in [0.15, 0.2) is 48.5 Å². The molecular formula is C16H17N5O. The van der Waals surface area contributed by atoms with E-state index in [1.165, 1.54) is 0 Å². The molecule has 0 aliphatic carbocycles. The van der Waals surface area contributed by atoms with Crippen molar-refractivity contribution in [2.24, 2.45) is 0 Å². The average Bonchev–Trinajstić information content (AvgIpc) is 2.98. The fourth-order valence-electron chi connectivity index (χ4n) is 2.21. The van der Waals surface area contributed by atoms with Crippen molar-refractivity contribution in [1.82, 2.24) is 20.2 Å². The predicted molar refractivity (Wildman–Crippen MR) is 84.4 cm³/mol. The summed E-state index contributed by atoms with van der Waals surface area (Å²) in [6.45, 7) is 3.17. The number of aromatic nitrogens is 4. The highest BCUT2D eigenvalue weighted by atomic mass is 16.5. The number of rotatable bonds is 5. The van der Waals surface area contributed by atoms with Crippen LogP contribution in [0.1, 0.15) is 12.5 Å². The quantitative estimate of drug-likeness (QED) is 0.731. The zero-order valence-electron chi connectivity index (χ0n) is 12.3. The van der Waals surface area contributed by atoms with Gasteiger partial charge in [0.1, 0.15) is 5.75 Å². The summed E-state index contributed by atoms with van der Waals surface area (Å²) in [5.74, 6) is 1.51. The lowest BCUT2D eigenvalue weighted by Gasteiger charge is -2.07. The van der Waals surface area contributed by atoms with E-state index in [4.69, 9.17) is 10.5 Å². The first kappa shape index (κ1) is 14.1. The molecule has 2 aromatic carbocycles. The van der Waals surface area contributed by atoms with Gasteiger partial charge in [-0.1, -0.05) is 24.3 Å². The highest BCUT2D eigenvalue weighted by Gasteiger charge is 2.10. The minimum absolute atomic E-state index is 0.585. The van der Waals surface area contributed by atoms with E-state index in [2.05, 4.69) is 15.5 Å². The van der Waals surface area contributed by atoms with Crippen LogP contribution in [0, 0.1) is 0 Å². The molecule has 0 aliphatic heterocycles. The van der Waals surface area contributed by atoms with Gasteiger partial charge in [0.05, 0.1) is 13.2 Å². The highest BCUT2D eigenvalue weighted by Crippen LogP contribution is 2.22. The maximum atomic E-state index is 5.71. The number of benzene rings is 2. The third kappa shape index (κ3) is 3.06. The molecule has 0 radical (unpaired) electrons. The smallest absolute Gasteiger partial charge is 0.182 e. The molecule has 1 heterocycles. The Morgan fingerprint density at radius 2 is 1.95 bits per heavy atom. The van der Waals surface area contributed by atoms with E-state index in [1.54, 1.807) is 4.68 Å². The third-order valence-corrected chi connectivity index (χ3v) is 3.25. The summed E-state index contributed by atoms with van der Waals surface area (Å²) in [6, 6.07) is 15.4. The van der Waals surface area contributed by atoms with Crippen LogP contribution in [0.5, 0.6) is 5.75 Å². The number of nitrogens with zero attached hydrogens (tertiary/aromatic N) is 4. The predicted octanol–water partition coefficient (Wildman–Crippen LogP) is 2.37. The Bertz CT molecular complexity index is 751. The molecule has 6 nitrogen and oxygen atoms in total. The van der Waals surface area contributed by atoms with Crippen molar-refractivity contribution in [3.63, 3.8) is 0 Å². The number of ether oxygens (including phenoxy) is 1. The minimum atomic E-state index is 0.585. The molecule has 22 heavy (non-hydrogen) atoms. The van der Waals surface area contributed by atoms with Crippen LogP contribution in [-0.4, -0.2) is 26.8 Å². The highest BCUT2D eigenvalue weighted by molar-refractivity contribution is 5.57. The largest absolute Gasteiger partial charge is 0.494 e. The number of nitrogens with two attached hydrogens (primary N) is 1. The molecule has 0 fully saturated rings. The van der Waals surface area contributed by atoms with E-state index in [9.17, 15) is 0 Å². The standard InChI is InChI=1S/C16H17N5O/c1-2-22-15-5-3-4-13(10-15)16-18-19-20-21(16)11-12-6-8-14(17)9-7-12/h3-10H,2,11,17H2,1H3. The van der Waals surface area contributed by atoms with Crippen molar-refractivity contribution >= 4 is 5.69 Å². The molecule has 6 heteroatoms. The van der Waals surface area contributed by atoms with Gasteiger partial charge >= 0.3 is 0 Å². The first-order chi connectivity index (χ1) is 10.8. The van der Waals surface area contributed by atoms with Gasteiger partial charge in [-0.25, -0.2) is 4.68 Å². The van der Waals surface area contributed by atoms with Gasteiger partial charge in [-0.05, 0) is 47.2 Å². The Labute approximate surface area is 128 Å². The van der Waals surface area contributed by atoms with E-state index in [0.29, 0.717) is 19.0 Å². The molecule has 0 saturated carbocycles. The number of anilines is 1. The van der Waals surface area contributed by atoms with Gasteiger partial charge in [-0.3, -0.25) is 0 Å². The van der Waals surface area contributed by atoms with Crippen LogP contribution >= 0.6 is 0 Å². The normalized spacial score (nSPS) is 10.6. The molecule has 0 bridgehead atoms. The third-order valence-electron chi connectivity index (χ3n) is 3.25. The molecule has 0 aliphatic rings. The van der Waals surface area contributed by atoms with Crippen LogP contribution < -0.4 is 10.5 Å². The van der Waals surface area contributed by atoms with Crippen LogP contribution in [0.2, 0.25) is 0 Å². The Kier molecular flexibility index (Phi) is 4.00. The number of tetrazole rings is 1. The topological polar surface area (TPSA) is 78.9 Å². The Morgan fingerprint density at radius 3 is 2.73 bits per heavy atom. The zero-order valence-corrected chi connectivity index (χ0v) is 12.3. The number of nitrogen functional groups attached to an aromatic ring is 1. The van der Waals surface area contributed by atoms with Gasteiger partial charge < -0.3 is 10.5 Å². The summed E-state index contributed by atoms with van der Waals surface area (Å²) >= 11 is 0. The van der Waals surface area contributed by atoms with E-state index < -0.39 is 0 Å². The lowest BCUT2D eigenvalue weighted by atomic mass is 10.2. The molecule has 0 spiro atoms. The summed E-state index contributed by atoms with van der Waals surface area (Å²) in [5.41, 5.74) is 8.46. The number of hydrogen-bond donors (Lipinski definition) is 1. The maximum Gasteiger partial charge on any atom is 0.182 e. The molecule has 0 amide bonds. The van der Waals surface area contributed by atoms with Crippen LogP contribution in [0.25, 0.3) is 11.4 Å². The van der Waals surface area contributed by atoms with Crippen molar-refractivity contribution < 1.29 is 4.74 Å². The van der Waals surface area contributed by atoms with Gasteiger partial charge in [0.15, 0.2) is 5.82 Å². The van der Waals surface area contributed by atoms with Crippen LogP contribution in [0.4, 0.5) is 5.69 Å². The summed E-state index contributed by atoms with van der Waals surface area (Å²) in [4.78, 5) is 0. The fraction of sp³-hybridized carbons (Fsp3) is 0.188. The monoisotopic (exact) mass is 295 g/mol. The van der Waals surface area contributed by atoms with Crippen molar-refractivity contribution in [2.75, 3.05) is 12.3 Å². The SMILES string of the molecule is CCOc1cccc(-c2nnnn2Cc2ccc(N)cc2)c1. The van der Waals surface area contributed by atoms with Crippen LogP contribution in [-0.2, 0) is 6.54 Å². The summed E-state index contributed by atoms with van der Waals surface area (Å²) < 4.78 is 7.28.